The molecule has 11 heavy (non-hydrogen) atoms. The highest BCUT2D eigenvalue weighted by molar-refractivity contribution is 5.74. The standard InChI is InChI=1S/C6H11NO4/c8-3-4-5(6(9)10)7-1-2-11-4/h4-5,7-8H,1-3H2,(H,9,10). The Labute approximate surface area is 64.0 Å². The third-order valence-electron chi connectivity index (χ3n) is 1.62. The van der Waals surface area contributed by atoms with Crippen LogP contribution in [0, 0.1) is 0 Å². The van der Waals surface area contributed by atoms with Gasteiger partial charge in [-0.2, -0.15) is 0 Å². The first-order valence-corrected chi connectivity index (χ1v) is 3.44. The van der Waals surface area contributed by atoms with Crippen LogP contribution in [-0.4, -0.2) is 48.1 Å². The summed E-state index contributed by atoms with van der Waals surface area (Å²) in [5.74, 6) is -0.983. The topological polar surface area (TPSA) is 78.8 Å². The lowest BCUT2D eigenvalue weighted by Crippen LogP contribution is -2.54. The average Bonchev–Trinajstić information content (AvgIpc) is 2.04. The average molecular weight is 161 g/mol. The number of morpholine rings is 1. The molecule has 1 aliphatic rings. The molecule has 3 N–H and O–H groups in total. The SMILES string of the molecule is O=C(O)C1NCCOC1CO. The first-order chi connectivity index (χ1) is 5.25. The maximum Gasteiger partial charge on any atom is 0.323 e. The largest absolute Gasteiger partial charge is 0.480 e. The Morgan fingerprint density at radius 2 is 2.45 bits per heavy atom. The molecule has 2 atom stereocenters. The number of aliphatic hydroxyl groups excluding tert-OH is 1. The van der Waals surface area contributed by atoms with Crippen molar-refractivity contribution in [1.82, 2.24) is 5.32 Å². The third kappa shape index (κ3) is 1.89. The molecule has 1 saturated heterocycles. The Balaban J connectivity index is 2.51. The van der Waals surface area contributed by atoms with E-state index in [9.17, 15) is 4.79 Å². The fourth-order valence-corrected chi connectivity index (χ4v) is 1.06. The zero-order chi connectivity index (χ0) is 8.27. The van der Waals surface area contributed by atoms with E-state index in [4.69, 9.17) is 14.9 Å². The number of hydrogen-bond donors (Lipinski definition) is 3. The molecule has 5 nitrogen and oxygen atoms in total. The number of rotatable bonds is 2. The summed E-state index contributed by atoms with van der Waals surface area (Å²) in [5, 5.41) is 20.0. The van der Waals surface area contributed by atoms with Crippen molar-refractivity contribution in [3.8, 4) is 0 Å². The zero-order valence-corrected chi connectivity index (χ0v) is 5.99. The minimum Gasteiger partial charge on any atom is -0.480 e. The Kier molecular flexibility index (Phi) is 2.81. The predicted octanol–water partition coefficient (Wildman–Crippen LogP) is -1.58. The molecule has 0 bridgehead atoms. The molecule has 0 aliphatic carbocycles. The van der Waals surface area contributed by atoms with Crippen LogP contribution in [-0.2, 0) is 9.53 Å². The van der Waals surface area contributed by atoms with Crippen LogP contribution in [0.4, 0.5) is 0 Å². The van der Waals surface area contributed by atoms with E-state index in [1.807, 2.05) is 0 Å². The maximum atomic E-state index is 10.5. The molecule has 0 radical (unpaired) electrons. The summed E-state index contributed by atoms with van der Waals surface area (Å²) in [6.45, 7) is 0.715. The predicted molar refractivity (Wildman–Crippen MR) is 36.3 cm³/mol. The molecule has 0 aromatic carbocycles. The first kappa shape index (κ1) is 8.45. The van der Waals surface area contributed by atoms with Crippen LogP contribution in [0.3, 0.4) is 0 Å². The zero-order valence-electron chi connectivity index (χ0n) is 5.99. The van der Waals surface area contributed by atoms with E-state index in [1.54, 1.807) is 0 Å². The van der Waals surface area contributed by atoms with Gasteiger partial charge in [0, 0.05) is 6.54 Å². The molecule has 0 aromatic heterocycles. The summed E-state index contributed by atoms with van der Waals surface area (Å²) in [4.78, 5) is 10.5. The van der Waals surface area contributed by atoms with Crippen LogP contribution in [0.15, 0.2) is 0 Å². The summed E-state index contributed by atoms with van der Waals surface area (Å²) < 4.78 is 5.01. The molecule has 2 unspecified atom stereocenters. The number of carboxylic acids is 1. The van der Waals surface area contributed by atoms with Gasteiger partial charge in [0.05, 0.1) is 13.2 Å². The molecule has 0 aromatic rings. The lowest BCUT2D eigenvalue weighted by Gasteiger charge is -2.28. The molecule has 1 heterocycles. The van der Waals surface area contributed by atoms with E-state index in [0.29, 0.717) is 13.2 Å². The molecule has 0 spiro atoms. The van der Waals surface area contributed by atoms with E-state index in [-0.39, 0.29) is 6.61 Å². The van der Waals surface area contributed by atoms with Crippen LogP contribution >= 0.6 is 0 Å². The molecule has 5 heteroatoms. The van der Waals surface area contributed by atoms with Gasteiger partial charge in [0.15, 0.2) is 0 Å². The summed E-state index contributed by atoms with van der Waals surface area (Å²) in [6.07, 6.45) is -0.610. The van der Waals surface area contributed by atoms with Gasteiger partial charge < -0.3 is 14.9 Å². The van der Waals surface area contributed by atoms with Crippen molar-refractivity contribution < 1.29 is 19.7 Å². The number of ether oxygens (including phenoxy) is 1. The molecule has 1 rings (SSSR count). The van der Waals surface area contributed by atoms with Crippen molar-refractivity contribution in [2.45, 2.75) is 12.1 Å². The van der Waals surface area contributed by atoms with E-state index >= 15 is 0 Å². The smallest absolute Gasteiger partial charge is 0.323 e. The van der Waals surface area contributed by atoms with Crippen LogP contribution in [0.2, 0.25) is 0 Å². The summed E-state index contributed by atoms with van der Waals surface area (Å²) in [5.41, 5.74) is 0. The summed E-state index contributed by atoms with van der Waals surface area (Å²) in [7, 11) is 0. The molecule has 0 saturated carbocycles. The lowest BCUT2D eigenvalue weighted by molar-refractivity contribution is -0.148. The quantitative estimate of drug-likeness (QED) is 0.455. The van der Waals surface area contributed by atoms with Gasteiger partial charge in [0.1, 0.15) is 12.1 Å². The lowest BCUT2D eigenvalue weighted by atomic mass is 10.1. The molecular formula is C6H11NO4. The number of carbonyl (C=O) groups is 1. The number of nitrogens with one attached hydrogen (secondary N) is 1. The van der Waals surface area contributed by atoms with E-state index in [1.165, 1.54) is 0 Å². The van der Waals surface area contributed by atoms with Crippen molar-refractivity contribution >= 4 is 5.97 Å². The van der Waals surface area contributed by atoms with Gasteiger partial charge in [-0.3, -0.25) is 10.1 Å². The van der Waals surface area contributed by atoms with Crippen LogP contribution < -0.4 is 5.32 Å². The first-order valence-electron chi connectivity index (χ1n) is 3.44. The minimum absolute atomic E-state index is 0.260. The molecule has 64 valence electrons. The van der Waals surface area contributed by atoms with Gasteiger partial charge in [-0.15, -0.1) is 0 Å². The van der Waals surface area contributed by atoms with Gasteiger partial charge in [0.2, 0.25) is 0 Å². The molecule has 1 aliphatic heterocycles. The van der Waals surface area contributed by atoms with Crippen LogP contribution in [0.5, 0.6) is 0 Å². The second kappa shape index (κ2) is 3.66. The summed E-state index contributed by atoms with van der Waals surface area (Å²) in [6, 6.07) is -0.770. The van der Waals surface area contributed by atoms with E-state index < -0.39 is 18.1 Å². The van der Waals surface area contributed by atoms with Gasteiger partial charge in [-0.05, 0) is 0 Å². The summed E-state index contributed by atoms with van der Waals surface area (Å²) >= 11 is 0. The van der Waals surface area contributed by atoms with Crippen LogP contribution in [0.1, 0.15) is 0 Å². The van der Waals surface area contributed by atoms with Gasteiger partial charge >= 0.3 is 5.97 Å². The van der Waals surface area contributed by atoms with E-state index in [2.05, 4.69) is 5.32 Å². The molecule has 1 fully saturated rings. The van der Waals surface area contributed by atoms with Gasteiger partial charge in [0.25, 0.3) is 0 Å². The normalized spacial score (nSPS) is 31.7. The number of aliphatic hydroxyl groups is 1. The Hall–Kier alpha value is -0.650. The van der Waals surface area contributed by atoms with E-state index in [0.717, 1.165) is 0 Å². The fraction of sp³-hybridized carbons (Fsp3) is 0.833. The van der Waals surface area contributed by atoms with Crippen molar-refractivity contribution in [2.24, 2.45) is 0 Å². The fourth-order valence-electron chi connectivity index (χ4n) is 1.06. The third-order valence-corrected chi connectivity index (χ3v) is 1.62. The van der Waals surface area contributed by atoms with Crippen molar-refractivity contribution in [2.75, 3.05) is 19.8 Å². The number of carboxylic acid groups (broad SMARTS) is 1. The number of aliphatic carboxylic acids is 1. The second-order valence-electron chi connectivity index (χ2n) is 2.36. The second-order valence-corrected chi connectivity index (χ2v) is 2.36. The highest BCUT2D eigenvalue weighted by atomic mass is 16.5. The molecule has 0 amide bonds. The monoisotopic (exact) mass is 161 g/mol. The van der Waals surface area contributed by atoms with Crippen molar-refractivity contribution in [3.05, 3.63) is 0 Å². The van der Waals surface area contributed by atoms with Gasteiger partial charge in [-0.25, -0.2) is 0 Å². The minimum atomic E-state index is -0.983. The van der Waals surface area contributed by atoms with Crippen molar-refractivity contribution in [3.63, 3.8) is 0 Å². The van der Waals surface area contributed by atoms with Crippen molar-refractivity contribution in [1.29, 1.82) is 0 Å². The Bertz CT molecular complexity index is 150. The highest BCUT2D eigenvalue weighted by Gasteiger charge is 2.30. The Morgan fingerprint density at radius 3 is 2.91 bits per heavy atom. The van der Waals surface area contributed by atoms with Crippen LogP contribution in [0.25, 0.3) is 0 Å². The maximum absolute atomic E-state index is 10.5. The highest BCUT2D eigenvalue weighted by Crippen LogP contribution is 2.03. The Morgan fingerprint density at radius 1 is 1.73 bits per heavy atom. The number of hydrogen-bond acceptors (Lipinski definition) is 4. The molecular weight excluding hydrogens is 150 g/mol. The van der Waals surface area contributed by atoms with Gasteiger partial charge in [-0.1, -0.05) is 0 Å².